The van der Waals surface area contributed by atoms with Gasteiger partial charge in [0.25, 0.3) is 0 Å². The van der Waals surface area contributed by atoms with Crippen LogP contribution >= 0.6 is 0 Å². The standard InChI is InChI=1S/C29H28F3N5O5/c1-28(17-36-16-25(37(38)39)34-27(36)42-28)18-40-24-15-21-4-2-3-5-23(21)33-26(24)35-12-10-20(11-13-35)14-19-6-8-22(9-7-19)41-29(30,31)32/h2-9,15-16,20H,10-14,17-18H2,1H3. The van der Waals surface area contributed by atoms with Crippen molar-refractivity contribution in [1.82, 2.24) is 14.5 Å². The third kappa shape index (κ3) is 6.04. The minimum Gasteiger partial charge on any atom is -0.485 e. The average Bonchev–Trinajstić information content (AvgIpc) is 3.48. The number of pyridine rings is 1. The van der Waals surface area contributed by atoms with Gasteiger partial charge in [-0.2, -0.15) is 0 Å². The molecule has 13 heteroatoms. The molecular formula is C29H28F3N5O5. The van der Waals surface area contributed by atoms with Gasteiger partial charge in [-0.15, -0.1) is 13.2 Å². The number of fused-ring (bicyclic) bond motifs is 2. The molecule has 2 aliphatic heterocycles. The van der Waals surface area contributed by atoms with Crippen LogP contribution in [0.1, 0.15) is 25.3 Å². The Labute approximate surface area is 238 Å². The quantitative estimate of drug-likeness (QED) is 0.186. The van der Waals surface area contributed by atoms with Crippen LogP contribution in [0.4, 0.5) is 24.8 Å². The highest BCUT2D eigenvalue weighted by atomic mass is 19.4. The first-order chi connectivity index (χ1) is 20.0. The fourth-order valence-electron chi connectivity index (χ4n) is 5.52. The van der Waals surface area contributed by atoms with Crippen LogP contribution in [-0.2, 0) is 13.0 Å². The molecule has 10 nitrogen and oxygen atoms in total. The van der Waals surface area contributed by atoms with Gasteiger partial charge in [-0.05, 0) is 66.9 Å². The minimum atomic E-state index is -4.71. The first kappa shape index (κ1) is 27.6. The number of hydrogen-bond acceptors (Lipinski definition) is 8. The van der Waals surface area contributed by atoms with E-state index in [-0.39, 0.29) is 24.2 Å². The van der Waals surface area contributed by atoms with Crippen LogP contribution in [0, 0.1) is 16.0 Å². The lowest BCUT2D eigenvalue weighted by Crippen LogP contribution is -2.39. The van der Waals surface area contributed by atoms with Gasteiger partial charge in [0.1, 0.15) is 18.6 Å². The summed E-state index contributed by atoms with van der Waals surface area (Å²) in [7, 11) is 0. The van der Waals surface area contributed by atoms with E-state index in [9.17, 15) is 23.3 Å². The summed E-state index contributed by atoms with van der Waals surface area (Å²) in [5.74, 6) is 1.24. The molecule has 0 bridgehead atoms. The van der Waals surface area contributed by atoms with Gasteiger partial charge in [-0.1, -0.05) is 30.3 Å². The van der Waals surface area contributed by atoms with Gasteiger partial charge in [0.15, 0.2) is 17.2 Å². The number of alkyl halides is 3. The van der Waals surface area contributed by atoms with Crippen molar-refractivity contribution in [2.75, 3.05) is 24.6 Å². The molecule has 1 saturated heterocycles. The number of para-hydroxylation sites is 1. The van der Waals surface area contributed by atoms with Gasteiger partial charge < -0.3 is 29.2 Å². The number of benzene rings is 2. The molecule has 0 spiro atoms. The van der Waals surface area contributed by atoms with Gasteiger partial charge in [-0.25, -0.2) is 4.98 Å². The van der Waals surface area contributed by atoms with Gasteiger partial charge >= 0.3 is 18.2 Å². The average molecular weight is 584 g/mol. The van der Waals surface area contributed by atoms with Crippen LogP contribution < -0.4 is 19.1 Å². The molecule has 1 unspecified atom stereocenters. The third-order valence-electron chi connectivity index (χ3n) is 7.56. The molecule has 42 heavy (non-hydrogen) atoms. The number of hydrogen-bond donors (Lipinski definition) is 0. The Morgan fingerprint density at radius 1 is 1.12 bits per heavy atom. The molecule has 0 amide bonds. The summed E-state index contributed by atoms with van der Waals surface area (Å²) < 4.78 is 55.3. The van der Waals surface area contributed by atoms with Crippen molar-refractivity contribution in [2.45, 2.75) is 44.7 Å². The molecular weight excluding hydrogens is 555 g/mol. The van der Waals surface area contributed by atoms with Crippen molar-refractivity contribution in [1.29, 1.82) is 0 Å². The Bertz CT molecular complexity index is 1580. The van der Waals surface area contributed by atoms with Crippen molar-refractivity contribution in [3.8, 4) is 17.5 Å². The van der Waals surface area contributed by atoms with Crippen LogP contribution in [0.3, 0.4) is 0 Å². The number of rotatable bonds is 8. The number of imidazole rings is 1. The number of nitro groups is 1. The Balaban J connectivity index is 1.12. The Morgan fingerprint density at radius 2 is 1.86 bits per heavy atom. The molecule has 4 heterocycles. The molecule has 0 radical (unpaired) electrons. The summed E-state index contributed by atoms with van der Waals surface area (Å²) in [5, 5.41) is 12.0. The minimum absolute atomic E-state index is 0.182. The van der Waals surface area contributed by atoms with E-state index < -0.39 is 16.9 Å². The lowest BCUT2D eigenvalue weighted by atomic mass is 9.90. The fourth-order valence-corrected chi connectivity index (χ4v) is 5.52. The molecule has 0 saturated carbocycles. The molecule has 2 aromatic heterocycles. The largest absolute Gasteiger partial charge is 0.573 e. The predicted octanol–water partition coefficient (Wildman–Crippen LogP) is 5.93. The summed E-state index contributed by atoms with van der Waals surface area (Å²) in [4.78, 5) is 21.6. The zero-order chi connectivity index (χ0) is 29.5. The Morgan fingerprint density at radius 3 is 2.55 bits per heavy atom. The smallest absolute Gasteiger partial charge is 0.485 e. The second-order valence-electron chi connectivity index (χ2n) is 10.9. The van der Waals surface area contributed by atoms with E-state index in [0.29, 0.717) is 18.2 Å². The summed E-state index contributed by atoms with van der Waals surface area (Å²) >= 11 is 0. The fraction of sp³-hybridized carbons (Fsp3) is 0.379. The van der Waals surface area contributed by atoms with Gasteiger partial charge in [0, 0.05) is 23.5 Å². The summed E-state index contributed by atoms with van der Waals surface area (Å²) in [5.41, 5.74) is 1.04. The maximum absolute atomic E-state index is 12.5. The number of aromatic nitrogens is 3. The second kappa shape index (κ2) is 10.7. The molecule has 1 atom stereocenters. The molecule has 6 rings (SSSR count). The molecule has 0 aliphatic carbocycles. The molecule has 1 fully saturated rings. The number of halogens is 3. The van der Waals surface area contributed by atoms with E-state index in [0.717, 1.165) is 54.6 Å². The zero-order valence-electron chi connectivity index (χ0n) is 22.7. The van der Waals surface area contributed by atoms with Gasteiger partial charge in [0.05, 0.1) is 12.1 Å². The summed E-state index contributed by atoms with van der Waals surface area (Å²) in [6, 6.07) is 16.0. The normalized spacial score (nSPS) is 19.0. The number of piperidine rings is 1. The molecule has 0 N–H and O–H groups in total. The zero-order valence-corrected chi connectivity index (χ0v) is 22.7. The van der Waals surface area contributed by atoms with Crippen LogP contribution in [-0.4, -0.2) is 51.1 Å². The highest BCUT2D eigenvalue weighted by Crippen LogP contribution is 2.36. The molecule has 4 aromatic rings. The van der Waals surface area contributed by atoms with Gasteiger partial charge in [0.2, 0.25) is 0 Å². The van der Waals surface area contributed by atoms with E-state index in [4.69, 9.17) is 14.5 Å². The van der Waals surface area contributed by atoms with Crippen LogP contribution in [0.5, 0.6) is 17.5 Å². The third-order valence-corrected chi connectivity index (χ3v) is 7.56. The maximum atomic E-state index is 12.5. The van der Waals surface area contributed by atoms with Crippen molar-refractivity contribution < 1.29 is 32.3 Å². The van der Waals surface area contributed by atoms with Crippen molar-refractivity contribution in [3.05, 3.63) is 76.5 Å². The number of ether oxygens (including phenoxy) is 3. The first-order valence-electron chi connectivity index (χ1n) is 13.6. The van der Waals surface area contributed by atoms with Crippen molar-refractivity contribution >= 4 is 22.5 Å². The van der Waals surface area contributed by atoms with E-state index in [1.54, 1.807) is 16.7 Å². The Kier molecular flexibility index (Phi) is 7.03. The molecule has 2 aromatic carbocycles. The SMILES string of the molecule is CC1(COc2cc3ccccc3nc2N2CCC(Cc3ccc(OC(F)(F)F)cc3)CC2)Cn2cc([N+](=O)[O-])nc2O1. The maximum Gasteiger partial charge on any atom is 0.573 e. The summed E-state index contributed by atoms with van der Waals surface area (Å²) in [6.45, 7) is 3.90. The van der Waals surface area contributed by atoms with E-state index >= 15 is 0 Å². The lowest BCUT2D eigenvalue weighted by molar-refractivity contribution is -0.389. The number of nitrogens with zero attached hydrogens (tertiary/aromatic N) is 5. The van der Waals surface area contributed by atoms with E-state index in [1.165, 1.54) is 18.3 Å². The molecule has 220 valence electrons. The predicted molar refractivity (Wildman–Crippen MR) is 147 cm³/mol. The highest BCUT2D eigenvalue weighted by molar-refractivity contribution is 5.83. The molecule has 2 aliphatic rings. The lowest BCUT2D eigenvalue weighted by Gasteiger charge is -2.34. The van der Waals surface area contributed by atoms with Gasteiger partial charge in [-0.3, -0.25) is 4.57 Å². The number of anilines is 1. The monoisotopic (exact) mass is 583 g/mol. The van der Waals surface area contributed by atoms with E-state index in [2.05, 4.69) is 14.6 Å². The highest BCUT2D eigenvalue weighted by Gasteiger charge is 2.41. The second-order valence-corrected chi connectivity index (χ2v) is 10.9. The van der Waals surface area contributed by atoms with Crippen LogP contribution in [0.25, 0.3) is 10.9 Å². The first-order valence-corrected chi connectivity index (χ1v) is 13.6. The van der Waals surface area contributed by atoms with E-state index in [1.807, 2.05) is 37.3 Å². The summed E-state index contributed by atoms with van der Waals surface area (Å²) in [6.07, 6.45) is -0.817. The topological polar surface area (TPSA) is 105 Å². The van der Waals surface area contributed by atoms with Crippen LogP contribution in [0.2, 0.25) is 0 Å². The Hall–Kier alpha value is -4.55. The van der Waals surface area contributed by atoms with Crippen molar-refractivity contribution in [3.63, 3.8) is 0 Å². The van der Waals surface area contributed by atoms with Crippen molar-refractivity contribution in [2.24, 2.45) is 5.92 Å². The van der Waals surface area contributed by atoms with Crippen LogP contribution in [0.15, 0.2) is 60.8 Å².